The summed E-state index contributed by atoms with van der Waals surface area (Å²) in [6, 6.07) is 15.1. The molecule has 108 valence electrons. The van der Waals surface area contributed by atoms with Gasteiger partial charge in [-0.15, -0.1) is 0 Å². The van der Waals surface area contributed by atoms with Gasteiger partial charge in [0.05, 0.1) is 6.61 Å². The van der Waals surface area contributed by atoms with E-state index in [1.54, 1.807) is 7.11 Å². The lowest BCUT2D eigenvalue weighted by Gasteiger charge is -2.27. The zero-order valence-electron chi connectivity index (χ0n) is 12.5. The van der Waals surface area contributed by atoms with Crippen LogP contribution in [0, 0.1) is 0 Å². The maximum atomic E-state index is 6.41. The molecule has 0 saturated heterocycles. The number of nitrogens with zero attached hydrogens (tertiary/aromatic N) is 1. The molecule has 2 N–H and O–H groups in total. The number of benzene rings is 2. The molecule has 0 saturated carbocycles. The first kappa shape index (κ1) is 15.0. The van der Waals surface area contributed by atoms with Crippen molar-refractivity contribution < 1.29 is 4.74 Å². The van der Waals surface area contributed by atoms with Crippen molar-refractivity contribution in [3.05, 3.63) is 48.0 Å². The predicted molar refractivity (Wildman–Crippen MR) is 84.8 cm³/mol. The van der Waals surface area contributed by atoms with Crippen molar-refractivity contribution in [2.45, 2.75) is 19.0 Å². The minimum atomic E-state index is 0.00501. The maximum Gasteiger partial charge on any atom is 0.0615 e. The van der Waals surface area contributed by atoms with E-state index in [1.807, 2.05) is 0 Å². The molecule has 3 heteroatoms. The summed E-state index contributed by atoms with van der Waals surface area (Å²) in [5.41, 5.74) is 7.62. The summed E-state index contributed by atoms with van der Waals surface area (Å²) in [6.45, 7) is 3.69. The predicted octanol–water partition coefficient (Wildman–Crippen LogP) is 2.81. The zero-order chi connectivity index (χ0) is 14.5. The summed E-state index contributed by atoms with van der Waals surface area (Å²) in [6.07, 6.45) is 0. The van der Waals surface area contributed by atoms with E-state index in [0.717, 1.165) is 13.2 Å². The Morgan fingerprint density at radius 2 is 1.85 bits per heavy atom. The molecular weight excluding hydrogens is 248 g/mol. The quantitative estimate of drug-likeness (QED) is 0.879. The average molecular weight is 272 g/mol. The highest BCUT2D eigenvalue weighted by Gasteiger charge is 2.15. The van der Waals surface area contributed by atoms with Gasteiger partial charge in [0.15, 0.2) is 0 Å². The highest BCUT2D eigenvalue weighted by Crippen LogP contribution is 2.23. The van der Waals surface area contributed by atoms with Crippen molar-refractivity contribution in [3.63, 3.8) is 0 Å². The average Bonchev–Trinajstić information content (AvgIpc) is 2.46. The molecular formula is C17H24N2O. The molecule has 0 aliphatic carbocycles. The standard InChI is InChI=1S/C17H24N2O/c1-13(12-20-3)19(2)11-17(18)16-10-6-8-14-7-4-5-9-15(14)16/h4-10,13,17H,11-12,18H2,1-3H3. The van der Waals surface area contributed by atoms with Gasteiger partial charge in [-0.05, 0) is 30.3 Å². The summed E-state index contributed by atoms with van der Waals surface area (Å²) < 4.78 is 5.20. The number of nitrogens with two attached hydrogens (primary N) is 1. The summed E-state index contributed by atoms with van der Waals surface area (Å²) in [7, 11) is 3.82. The molecule has 0 aliphatic heterocycles. The van der Waals surface area contributed by atoms with Crippen LogP contribution in [-0.4, -0.2) is 38.3 Å². The van der Waals surface area contributed by atoms with Crippen LogP contribution < -0.4 is 5.73 Å². The van der Waals surface area contributed by atoms with Gasteiger partial charge in [-0.1, -0.05) is 42.5 Å². The highest BCUT2D eigenvalue weighted by molar-refractivity contribution is 5.86. The van der Waals surface area contributed by atoms with Crippen molar-refractivity contribution in [1.82, 2.24) is 4.90 Å². The molecule has 20 heavy (non-hydrogen) atoms. The Bertz CT molecular complexity index is 550. The molecule has 2 unspecified atom stereocenters. The Morgan fingerprint density at radius 3 is 2.60 bits per heavy atom. The highest BCUT2D eigenvalue weighted by atomic mass is 16.5. The van der Waals surface area contributed by atoms with Crippen LogP contribution in [-0.2, 0) is 4.74 Å². The SMILES string of the molecule is COCC(C)N(C)CC(N)c1cccc2ccccc12. The fourth-order valence-electron chi connectivity index (χ4n) is 2.53. The van der Waals surface area contributed by atoms with E-state index < -0.39 is 0 Å². The van der Waals surface area contributed by atoms with E-state index in [1.165, 1.54) is 16.3 Å². The minimum absolute atomic E-state index is 0.00501. The lowest BCUT2D eigenvalue weighted by Crippen LogP contribution is -2.38. The molecule has 0 aromatic heterocycles. The van der Waals surface area contributed by atoms with Crippen LogP contribution in [0.25, 0.3) is 10.8 Å². The van der Waals surface area contributed by atoms with Crippen LogP contribution in [0.5, 0.6) is 0 Å². The summed E-state index contributed by atoms with van der Waals surface area (Å²) >= 11 is 0. The van der Waals surface area contributed by atoms with Crippen molar-refractivity contribution in [3.8, 4) is 0 Å². The second kappa shape index (κ2) is 6.84. The fraction of sp³-hybridized carbons (Fsp3) is 0.412. The first-order valence-electron chi connectivity index (χ1n) is 7.06. The van der Waals surface area contributed by atoms with E-state index in [-0.39, 0.29) is 6.04 Å². The smallest absolute Gasteiger partial charge is 0.0615 e. The van der Waals surface area contributed by atoms with Crippen molar-refractivity contribution in [1.29, 1.82) is 0 Å². The monoisotopic (exact) mass is 272 g/mol. The second-order valence-corrected chi connectivity index (χ2v) is 5.42. The Morgan fingerprint density at radius 1 is 1.15 bits per heavy atom. The van der Waals surface area contributed by atoms with E-state index >= 15 is 0 Å². The molecule has 2 rings (SSSR count). The van der Waals surface area contributed by atoms with Gasteiger partial charge in [0.2, 0.25) is 0 Å². The Balaban J connectivity index is 2.17. The van der Waals surface area contributed by atoms with E-state index in [4.69, 9.17) is 10.5 Å². The van der Waals surface area contributed by atoms with Crippen LogP contribution in [0.4, 0.5) is 0 Å². The summed E-state index contributed by atoms with van der Waals surface area (Å²) in [5.74, 6) is 0. The Labute approximate surface area is 121 Å². The fourth-order valence-corrected chi connectivity index (χ4v) is 2.53. The van der Waals surface area contributed by atoms with Crippen molar-refractivity contribution in [2.75, 3.05) is 27.3 Å². The molecule has 2 aromatic rings. The molecule has 0 bridgehead atoms. The topological polar surface area (TPSA) is 38.5 Å². The van der Waals surface area contributed by atoms with Gasteiger partial charge in [-0.3, -0.25) is 4.90 Å². The third kappa shape index (κ3) is 3.37. The molecule has 0 heterocycles. The number of fused-ring (bicyclic) bond motifs is 1. The summed E-state index contributed by atoms with van der Waals surface area (Å²) in [5, 5.41) is 2.49. The van der Waals surface area contributed by atoms with Gasteiger partial charge in [-0.2, -0.15) is 0 Å². The molecule has 0 aliphatic rings. The van der Waals surface area contributed by atoms with Gasteiger partial charge in [0, 0.05) is 25.7 Å². The van der Waals surface area contributed by atoms with E-state index in [2.05, 4.69) is 61.3 Å². The van der Waals surface area contributed by atoms with Crippen molar-refractivity contribution in [2.24, 2.45) is 5.73 Å². The second-order valence-electron chi connectivity index (χ2n) is 5.42. The Kier molecular flexibility index (Phi) is 5.12. The normalized spacial score (nSPS) is 14.7. The molecule has 0 radical (unpaired) electrons. The summed E-state index contributed by atoms with van der Waals surface area (Å²) in [4.78, 5) is 2.25. The first-order chi connectivity index (χ1) is 9.63. The Hall–Kier alpha value is -1.42. The number of likely N-dealkylation sites (N-methyl/N-ethyl adjacent to an activating group) is 1. The molecule has 0 fully saturated rings. The van der Waals surface area contributed by atoms with Crippen LogP contribution in [0.3, 0.4) is 0 Å². The van der Waals surface area contributed by atoms with E-state index in [0.29, 0.717) is 6.04 Å². The van der Waals surface area contributed by atoms with Crippen LogP contribution >= 0.6 is 0 Å². The molecule has 0 amide bonds. The van der Waals surface area contributed by atoms with Crippen LogP contribution in [0.1, 0.15) is 18.5 Å². The molecule has 0 spiro atoms. The number of rotatable bonds is 6. The lowest BCUT2D eigenvalue weighted by atomic mass is 9.99. The zero-order valence-corrected chi connectivity index (χ0v) is 12.5. The number of hydrogen-bond donors (Lipinski definition) is 1. The molecule has 3 nitrogen and oxygen atoms in total. The van der Waals surface area contributed by atoms with Gasteiger partial charge >= 0.3 is 0 Å². The largest absolute Gasteiger partial charge is 0.383 e. The van der Waals surface area contributed by atoms with Crippen molar-refractivity contribution >= 4 is 10.8 Å². The van der Waals surface area contributed by atoms with Crippen LogP contribution in [0.2, 0.25) is 0 Å². The van der Waals surface area contributed by atoms with Gasteiger partial charge in [0.25, 0.3) is 0 Å². The maximum absolute atomic E-state index is 6.41. The third-order valence-corrected chi connectivity index (χ3v) is 3.87. The lowest BCUT2D eigenvalue weighted by molar-refractivity contribution is 0.112. The van der Waals surface area contributed by atoms with Crippen LogP contribution in [0.15, 0.2) is 42.5 Å². The third-order valence-electron chi connectivity index (χ3n) is 3.87. The minimum Gasteiger partial charge on any atom is -0.383 e. The first-order valence-corrected chi connectivity index (χ1v) is 7.06. The molecule has 2 aromatic carbocycles. The number of methoxy groups -OCH3 is 1. The van der Waals surface area contributed by atoms with Gasteiger partial charge in [-0.25, -0.2) is 0 Å². The number of ether oxygens (including phenoxy) is 1. The molecule has 2 atom stereocenters. The number of hydrogen-bond acceptors (Lipinski definition) is 3. The van der Waals surface area contributed by atoms with E-state index in [9.17, 15) is 0 Å². The van der Waals surface area contributed by atoms with Gasteiger partial charge < -0.3 is 10.5 Å². The van der Waals surface area contributed by atoms with Gasteiger partial charge in [0.1, 0.15) is 0 Å².